The molecule has 0 saturated carbocycles. The molecule has 0 radical (unpaired) electrons. The normalized spacial score (nSPS) is 17.2. The van der Waals surface area contributed by atoms with Gasteiger partial charge < -0.3 is 20.4 Å². The van der Waals surface area contributed by atoms with Crippen molar-refractivity contribution in [2.45, 2.75) is 56.7 Å². The van der Waals surface area contributed by atoms with Gasteiger partial charge in [0.05, 0.1) is 0 Å². The number of alkyl halides is 6. The first-order valence-corrected chi connectivity index (χ1v) is 9.01. The molecule has 0 spiro atoms. The Morgan fingerprint density at radius 1 is 0.645 bits per heavy atom. The van der Waals surface area contributed by atoms with Crippen molar-refractivity contribution in [3.63, 3.8) is 0 Å². The quantitative estimate of drug-likeness (QED) is 0.495. The highest BCUT2D eigenvalue weighted by Gasteiger charge is 2.55. The molecule has 4 nitrogen and oxygen atoms in total. The van der Waals surface area contributed by atoms with Crippen LogP contribution < -0.4 is 0 Å². The van der Waals surface area contributed by atoms with Crippen LogP contribution in [0.1, 0.15) is 49.9 Å². The lowest BCUT2D eigenvalue weighted by atomic mass is 9.72. The van der Waals surface area contributed by atoms with E-state index < -0.39 is 51.6 Å². The van der Waals surface area contributed by atoms with Crippen LogP contribution in [0.15, 0.2) is 36.4 Å². The Bertz CT molecular complexity index is 975. The van der Waals surface area contributed by atoms with Crippen LogP contribution in [0.3, 0.4) is 0 Å². The number of aliphatic hydroxyl groups is 2. The van der Waals surface area contributed by atoms with Crippen LogP contribution in [0.2, 0.25) is 0 Å². The molecular formula is C21H22F6O4. The average Bonchev–Trinajstić information content (AvgIpc) is 2.59. The van der Waals surface area contributed by atoms with Crippen LogP contribution in [0.5, 0.6) is 11.5 Å². The molecule has 0 heterocycles. The lowest BCUT2D eigenvalue weighted by molar-refractivity contribution is -0.259. The van der Waals surface area contributed by atoms with Gasteiger partial charge in [-0.1, -0.05) is 32.0 Å². The van der Waals surface area contributed by atoms with Crippen molar-refractivity contribution >= 4 is 0 Å². The van der Waals surface area contributed by atoms with Crippen molar-refractivity contribution in [1.29, 1.82) is 0 Å². The van der Waals surface area contributed by atoms with Crippen LogP contribution in [-0.2, 0) is 16.6 Å². The number of rotatable bonds is 4. The molecule has 2 atom stereocenters. The van der Waals surface area contributed by atoms with Gasteiger partial charge in [0, 0.05) is 16.5 Å². The zero-order chi connectivity index (χ0) is 24.2. The minimum atomic E-state index is -5.17. The van der Waals surface area contributed by atoms with E-state index in [0.717, 1.165) is 18.2 Å². The predicted octanol–water partition coefficient (Wildman–Crippen LogP) is 4.96. The van der Waals surface area contributed by atoms with Gasteiger partial charge in [0.1, 0.15) is 11.5 Å². The Balaban J connectivity index is 2.79. The molecule has 2 aromatic carbocycles. The van der Waals surface area contributed by atoms with Gasteiger partial charge in [0.15, 0.2) is 11.2 Å². The summed E-state index contributed by atoms with van der Waals surface area (Å²) in [6.45, 7) is 3.64. The summed E-state index contributed by atoms with van der Waals surface area (Å²) in [6.07, 6.45) is -10.3. The summed E-state index contributed by atoms with van der Waals surface area (Å²) < 4.78 is 80.5. The number of hydrogen-bond acceptors (Lipinski definition) is 4. The average molecular weight is 452 g/mol. The van der Waals surface area contributed by atoms with Gasteiger partial charge in [-0.05, 0) is 43.2 Å². The second kappa shape index (κ2) is 7.30. The van der Waals surface area contributed by atoms with E-state index in [4.69, 9.17) is 0 Å². The monoisotopic (exact) mass is 452 g/mol. The molecule has 172 valence electrons. The molecule has 10 heteroatoms. The summed E-state index contributed by atoms with van der Waals surface area (Å²) in [5, 5.41) is 40.3. The standard InChI is InChI=1S/C21H22F6O4/c1-17(2,11-8-9-14(28)13(10-11)18(3,30)20(22,23)24)12-6-5-7-15(29)16(12)19(4,31)21(25,26)27/h5-10,28-31H,1-4H3. The lowest BCUT2D eigenvalue weighted by Crippen LogP contribution is -2.42. The number of aromatic hydroxyl groups is 2. The summed E-state index contributed by atoms with van der Waals surface area (Å²) in [4.78, 5) is 0. The van der Waals surface area contributed by atoms with Gasteiger partial charge in [-0.3, -0.25) is 0 Å². The summed E-state index contributed by atoms with van der Waals surface area (Å²) in [7, 11) is 0. The van der Waals surface area contributed by atoms with Gasteiger partial charge in [0.25, 0.3) is 0 Å². The number of phenols is 2. The van der Waals surface area contributed by atoms with Gasteiger partial charge in [-0.25, -0.2) is 0 Å². The summed E-state index contributed by atoms with van der Waals surface area (Å²) >= 11 is 0. The van der Waals surface area contributed by atoms with Crippen LogP contribution in [-0.4, -0.2) is 32.8 Å². The SMILES string of the molecule is CC(C)(c1ccc(O)c(C(C)(O)C(F)(F)F)c1)c1cccc(O)c1C(C)(O)C(F)(F)F. The molecule has 2 rings (SSSR count). The zero-order valence-corrected chi connectivity index (χ0v) is 17.0. The van der Waals surface area contributed by atoms with E-state index >= 15 is 0 Å². The van der Waals surface area contributed by atoms with Crippen LogP contribution in [0.25, 0.3) is 0 Å². The first-order chi connectivity index (χ1) is 13.8. The molecule has 0 aliphatic carbocycles. The van der Waals surface area contributed by atoms with Crippen LogP contribution >= 0.6 is 0 Å². The number of phenolic OH excluding ortho intramolecular Hbond substituents is 2. The second-order valence-electron chi connectivity index (χ2n) is 8.20. The largest absolute Gasteiger partial charge is 0.508 e. The number of hydrogen-bond donors (Lipinski definition) is 4. The Hall–Kier alpha value is -2.46. The maximum atomic E-state index is 13.5. The maximum absolute atomic E-state index is 13.5. The first kappa shape index (κ1) is 24.8. The molecule has 0 amide bonds. The van der Waals surface area contributed by atoms with Crippen molar-refractivity contribution in [1.82, 2.24) is 0 Å². The molecule has 0 aliphatic rings. The zero-order valence-electron chi connectivity index (χ0n) is 17.0. The summed E-state index contributed by atoms with van der Waals surface area (Å²) in [6, 6.07) is 6.28. The van der Waals surface area contributed by atoms with E-state index in [1.165, 1.54) is 32.0 Å². The lowest BCUT2D eigenvalue weighted by Gasteiger charge is -2.36. The highest BCUT2D eigenvalue weighted by Crippen LogP contribution is 2.49. The first-order valence-electron chi connectivity index (χ1n) is 9.01. The van der Waals surface area contributed by atoms with Gasteiger partial charge in [-0.2, -0.15) is 26.3 Å². The van der Waals surface area contributed by atoms with Gasteiger partial charge in [-0.15, -0.1) is 0 Å². The van der Waals surface area contributed by atoms with Crippen molar-refractivity contribution in [3.05, 3.63) is 58.7 Å². The second-order valence-corrected chi connectivity index (χ2v) is 8.20. The topological polar surface area (TPSA) is 80.9 Å². The maximum Gasteiger partial charge on any atom is 0.421 e. The van der Waals surface area contributed by atoms with E-state index in [1.54, 1.807) is 0 Å². The Labute approximate surface area is 174 Å². The van der Waals surface area contributed by atoms with Crippen LogP contribution in [0.4, 0.5) is 26.3 Å². The fraction of sp³-hybridized carbons (Fsp3) is 0.429. The molecule has 0 fully saturated rings. The fourth-order valence-electron chi connectivity index (χ4n) is 3.34. The minimum absolute atomic E-state index is 0.00495. The highest BCUT2D eigenvalue weighted by molar-refractivity contribution is 5.53. The predicted molar refractivity (Wildman–Crippen MR) is 99.6 cm³/mol. The van der Waals surface area contributed by atoms with Gasteiger partial charge in [0.2, 0.25) is 0 Å². The number of benzene rings is 2. The minimum Gasteiger partial charge on any atom is -0.508 e. The molecule has 0 bridgehead atoms. The molecule has 0 saturated heterocycles. The van der Waals surface area contributed by atoms with E-state index in [-0.39, 0.29) is 11.1 Å². The third-order valence-electron chi connectivity index (χ3n) is 5.55. The summed E-state index contributed by atoms with van der Waals surface area (Å²) in [5.41, 5.74) is -10.4. The molecule has 2 aromatic rings. The van der Waals surface area contributed by atoms with Crippen LogP contribution in [0, 0.1) is 0 Å². The highest BCUT2D eigenvalue weighted by atomic mass is 19.4. The van der Waals surface area contributed by atoms with Crippen molar-refractivity contribution < 1.29 is 46.8 Å². The van der Waals surface area contributed by atoms with E-state index in [9.17, 15) is 46.8 Å². The molecule has 0 aromatic heterocycles. The third kappa shape index (κ3) is 4.06. The summed E-state index contributed by atoms with van der Waals surface area (Å²) in [5.74, 6) is -1.71. The Morgan fingerprint density at radius 2 is 1.16 bits per heavy atom. The molecule has 0 aliphatic heterocycles. The van der Waals surface area contributed by atoms with E-state index in [0.29, 0.717) is 13.8 Å². The molecule has 2 unspecified atom stereocenters. The van der Waals surface area contributed by atoms with Crippen molar-refractivity contribution in [3.8, 4) is 11.5 Å². The Kier molecular flexibility index (Phi) is 5.84. The van der Waals surface area contributed by atoms with Crippen molar-refractivity contribution in [2.75, 3.05) is 0 Å². The third-order valence-corrected chi connectivity index (χ3v) is 5.55. The van der Waals surface area contributed by atoms with Crippen molar-refractivity contribution in [2.24, 2.45) is 0 Å². The molecule has 31 heavy (non-hydrogen) atoms. The fourth-order valence-corrected chi connectivity index (χ4v) is 3.34. The van der Waals surface area contributed by atoms with E-state index in [2.05, 4.69) is 0 Å². The Morgan fingerprint density at radius 3 is 1.65 bits per heavy atom. The number of halogens is 6. The van der Waals surface area contributed by atoms with Gasteiger partial charge >= 0.3 is 12.4 Å². The molecule has 4 N–H and O–H groups in total. The smallest absolute Gasteiger partial charge is 0.421 e. The molecular weight excluding hydrogens is 430 g/mol. The van der Waals surface area contributed by atoms with E-state index in [1.807, 2.05) is 0 Å².